The molecule has 4 heteroatoms. The summed E-state index contributed by atoms with van der Waals surface area (Å²) in [7, 11) is 0. The van der Waals surface area contributed by atoms with Crippen LogP contribution in [-0.4, -0.2) is 9.91 Å². The molecule has 0 atom stereocenters. The van der Waals surface area contributed by atoms with Gasteiger partial charge in [-0.05, 0) is 35.0 Å². The quantitative estimate of drug-likeness (QED) is 0.495. The first kappa shape index (κ1) is 8.39. The third-order valence-electron chi connectivity index (χ3n) is 1.47. The lowest BCUT2D eigenvalue weighted by molar-refractivity contribution is -0.390. The number of hydrogen-bond donors (Lipinski definition) is 0. The Morgan fingerprint density at radius 2 is 2.33 bits per heavy atom. The van der Waals surface area contributed by atoms with Crippen molar-refractivity contribution in [1.29, 1.82) is 0 Å². The highest BCUT2D eigenvalue weighted by Crippen LogP contribution is 2.14. The molecule has 1 heterocycles. The van der Waals surface area contributed by atoms with Crippen LogP contribution in [0.25, 0.3) is 6.08 Å². The van der Waals surface area contributed by atoms with Crippen LogP contribution in [0, 0.1) is 17.0 Å². The molecule has 0 spiro atoms. The lowest BCUT2D eigenvalue weighted by Crippen LogP contribution is -1.96. The van der Waals surface area contributed by atoms with E-state index in [0.29, 0.717) is 11.3 Å². The van der Waals surface area contributed by atoms with Gasteiger partial charge in [-0.2, -0.15) is 0 Å². The summed E-state index contributed by atoms with van der Waals surface area (Å²) in [4.78, 5) is 13.7. The van der Waals surface area contributed by atoms with E-state index in [1.807, 2.05) is 0 Å². The molecule has 0 unspecified atom stereocenters. The maximum atomic E-state index is 10.4. The van der Waals surface area contributed by atoms with Gasteiger partial charge >= 0.3 is 5.82 Å². The highest BCUT2D eigenvalue weighted by molar-refractivity contribution is 5.46. The van der Waals surface area contributed by atoms with Crippen LogP contribution < -0.4 is 0 Å². The van der Waals surface area contributed by atoms with E-state index in [0.717, 1.165) is 0 Å². The fraction of sp³-hybridized carbons (Fsp3) is 0.125. The Hall–Kier alpha value is -1.71. The van der Waals surface area contributed by atoms with Crippen molar-refractivity contribution in [3.63, 3.8) is 0 Å². The first-order valence-electron chi connectivity index (χ1n) is 3.39. The highest BCUT2D eigenvalue weighted by atomic mass is 16.6. The van der Waals surface area contributed by atoms with Crippen LogP contribution in [0.4, 0.5) is 5.82 Å². The second-order valence-electron chi connectivity index (χ2n) is 2.34. The number of aryl methyl sites for hydroxylation is 1. The molecule has 0 bridgehead atoms. The van der Waals surface area contributed by atoms with Gasteiger partial charge < -0.3 is 10.1 Å². The van der Waals surface area contributed by atoms with Crippen LogP contribution in [-0.2, 0) is 0 Å². The molecule has 62 valence electrons. The van der Waals surface area contributed by atoms with E-state index in [1.54, 1.807) is 19.1 Å². The Labute approximate surface area is 69.7 Å². The Kier molecular flexibility index (Phi) is 2.19. The molecule has 0 fully saturated rings. The van der Waals surface area contributed by atoms with Crippen LogP contribution in [0.1, 0.15) is 11.3 Å². The molecule has 0 aliphatic carbocycles. The van der Waals surface area contributed by atoms with E-state index < -0.39 is 4.92 Å². The zero-order chi connectivity index (χ0) is 9.14. The minimum atomic E-state index is -0.498. The van der Waals surface area contributed by atoms with E-state index in [4.69, 9.17) is 0 Å². The number of nitro groups is 1. The third-order valence-corrected chi connectivity index (χ3v) is 1.47. The fourth-order valence-electron chi connectivity index (χ4n) is 0.831. The molecule has 1 aromatic rings. The van der Waals surface area contributed by atoms with Gasteiger partial charge in [-0.1, -0.05) is 6.58 Å². The summed E-state index contributed by atoms with van der Waals surface area (Å²) in [6.07, 6.45) is 1.48. The Bertz CT molecular complexity index is 334. The maximum absolute atomic E-state index is 10.4. The maximum Gasteiger partial charge on any atom is 0.366 e. The predicted molar refractivity (Wildman–Crippen MR) is 45.7 cm³/mol. The molecule has 0 N–H and O–H groups in total. The molecular formula is C8H8N2O2. The number of hydrogen-bond acceptors (Lipinski definition) is 3. The second kappa shape index (κ2) is 3.13. The van der Waals surface area contributed by atoms with Crippen LogP contribution in [0.2, 0.25) is 0 Å². The van der Waals surface area contributed by atoms with Gasteiger partial charge in [0, 0.05) is 5.56 Å². The van der Waals surface area contributed by atoms with Crippen LogP contribution in [0.3, 0.4) is 0 Å². The van der Waals surface area contributed by atoms with Crippen LogP contribution in [0.15, 0.2) is 18.7 Å². The molecule has 0 amide bonds. The summed E-state index contributed by atoms with van der Waals surface area (Å²) < 4.78 is 0. The average Bonchev–Trinajstić information content (AvgIpc) is 2.05. The minimum Gasteiger partial charge on any atom is -0.358 e. The number of pyridine rings is 1. The first-order valence-corrected chi connectivity index (χ1v) is 3.39. The van der Waals surface area contributed by atoms with Gasteiger partial charge in [0.2, 0.25) is 0 Å². The van der Waals surface area contributed by atoms with Gasteiger partial charge in [0.1, 0.15) is 0 Å². The zero-order valence-electron chi connectivity index (χ0n) is 6.65. The second-order valence-corrected chi connectivity index (χ2v) is 2.34. The molecular weight excluding hydrogens is 156 g/mol. The number of aromatic nitrogens is 1. The zero-order valence-corrected chi connectivity index (χ0v) is 6.65. The lowest BCUT2D eigenvalue weighted by Gasteiger charge is -1.95. The largest absolute Gasteiger partial charge is 0.366 e. The topological polar surface area (TPSA) is 56.0 Å². The predicted octanol–water partition coefficient (Wildman–Crippen LogP) is 1.94. The molecule has 0 radical (unpaired) electrons. The van der Waals surface area contributed by atoms with Crippen LogP contribution >= 0.6 is 0 Å². The normalized spacial score (nSPS) is 9.42. The summed E-state index contributed by atoms with van der Waals surface area (Å²) in [5.74, 6) is -0.104. The monoisotopic (exact) mass is 164 g/mol. The van der Waals surface area contributed by atoms with Crippen molar-refractivity contribution in [3.05, 3.63) is 40.1 Å². The van der Waals surface area contributed by atoms with E-state index in [1.165, 1.54) is 6.08 Å². The molecule has 0 saturated carbocycles. The summed E-state index contributed by atoms with van der Waals surface area (Å²) in [6, 6.07) is 3.34. The van der Waals surface area contributed by atoms with Crippen molar-refractivity contribution in [3.8, 4) is 0 Å². The fourth-order valence-corrected chi connectivity index (χ4v) is 0.831. The Balaban J connectivity index is 3.25. The van der Waals surface area contributed by atoms with E-state index >= 15 is 0 Å². The SMILES string of the molecule is C=Cc1ccc(C)c([N+](=O)[O-])n1. The average molecular weight is 164 g/mol. The van der Waals surface area contributed by atoms with Crippen molar-refractivity contribution in [2.75, 3.05) is 0 Å². The Morgan fingerprint density at radius 1 is 1.67 bits per heavy atom. The standard InChI is InChI=1S/C8H8N2O2/c1-3-7-5-4-6(2)8(9-7)10(11)12/h3-5H,1H2,2H3. The lowest BCUT2D eigenvalue weighted by atomic mass is 10.2. The van der Waals surface area contributed by atoms with Crippen molar-refractivity contribution >= 4 is 11.9 Å². The van der Waals surface area contributed by atoms with E-state index in [2.05, 4.69) is 11.6 Å². The smallest absolute Gasteiger partial charge is 0.358 e. The van der Waals surface area contributed by atoms with Crippen molar-refractivity contribution in [2.45, 2.75) is 6.92 Å². The molecule has 0 aliphatic heterocycles. The molecule has 0 aromatic carbocycles. The van der Waals surface area contributed by atoms with Crippen molar-refractivity contribution in [2.24, 2.45) is 0 Å². The van der Waals surface area contributed by atoms with E-state index in [-0.39, 0.29) is 5.82 Å². The van der Waals surface area contributed by atoms with Crippen molar-refractivity contribution < 1.29 is 4.92 Å². The minimum absolute atomic E-state index is 0.104. The Morgan fingerprint density at radius 3 is 2.83 bits per heavy atom. The molecule has 1 aromatic heterocycles. The highest BCUT2D eigenvalue weighted by Gasteiger charge is 2.11. The molecule has 12 heavy (non-hydrogen) atoms. The molecule has 4 nitrogen and oxygen atoms in total. The third kappa shape index (κ3) is 1.47. The molecule has 0 aliphatic rings. The summed E-state index contributed by atoms with van der Waals surface area (Å²) in [6.45, 7) is 5.13. The molecule has 1 rings (SSSR count). The summed E-state index contributed by atoms with van der Waals surface area (Å²) in [5.41, 5.74) is 1.08. The summed E-state index contributed by atoms with van der Waals surface area (Å²) >= 11 is 0. The van der Waals surface area contributed by atoms with Gasteiger partial charge in [0.25, 0.3) is 0 Å². The van der Waals surface area contributed by atoms with Gasteiger partial charge in [-0.3, -0.25) is 0 Å². The molecule has 0 saturated heterocycles. The number of rotatable bonds is 2. The van der Waals surface area contributed by atoms with Gasteiger partial charge in [-0.15, -0.1) is 0 Å². The van der Waals surface area contributed by atoms with E-state index in [9.17, 15) is 10.1 Å². The first-order chi connectivity index (χ1) is 5.65. The van der Waals surface area contributed by atoms with Gasteiger partial charge in [0.05, 0.1) is 0 Å². The van der Waals surface area contributed by atoms with Crippen molar-refractivity contribution in [1.82, 2.24) is 4.98 Å². The van der Waals surface area contributed by atoms with Gasteiger partial charge in [0.15, 0.2) is 5.69 Å². The summed E-state index contributed by atoms with van der Waals surface area (Å²) in [5, 5.41) is 10.4. The van der Waals surface area contributed by atoms with Crippen LogP contribution in [0.5, 0.6) is 0 Å². The van der Waals surface area contributed by atoms with Gasteiger partial charge in [-0.25, -0.2) is 0 Å². The number of nitrogens with zero attached hydrogens (tertiary/aromatic N) is 2.